The molecule has 0 radical (unpaired) electrons. The molecule has 0 bridgehead atoms. The zero-order valence-corrected chi connectivity index (χ0v) is 13.8. The van der Waals surface area contributed by atoms with Gasteiger partial charge in [0, 0.05) is 4.47 Å². The molecule has 0 amide bonds. The van der Waals surface area contributed by atoms with E-state index in [1.165, 1.54) is 27.5 Å². The molecule has 3 aromatic rings. The molecule has 0 saturated carbocycles. The van der Waals surface area contributed by atoms with Gasteiger partial charge in [0.05, 0.1) is 0 Å². The molecule has 0 fully saturated rings. The van der Waals surface area contributed by atoms with Crippen molar-refractivity contribution in [1.29, 1.82) is 0 Å². The first-order valence-corrected chi connectivity index (χ1v) is 7.79. The first kappa shape index (κ1) is 14.2. The lowest BCUT2D eigenvalue weighted by molar-refractivity contribution is 0.306. The van der Waals surface area contributed by atoms with E-state index in [1.54, 1.807) is 0 Å². The second-order valence-electron chi connectivity index (χ2n) is 5.44. The minimum Gasteiger partial charge on any atom is -0.489 e. The average molecular weight is 341 g/mol. The predicted molar refractivity (Wildman–Crippen MR) is 91.9 cm³/mol. The normalized spacial score (nSPS) is 10.8. The molecule has 0 aliphatic heterocycles. The van der Waals surface area contributed by atoms with Crippen molar-refractivity contribution in [2.75, 3.05) is 0 Å². The Hall–Kier alpha value is -1.80. The quantitative estimate of drug-likeness (QED) is 0.585. The van der Waals surface area contributed by atoms with Gasteiger partial charge in [0.15, 0.2) is 0 Å². The van der Waals surface area contributed by atoms with E-state index in [-0.39, 0.29) is 0 Å². The van der Waals surface area contributed by atoms with Gasteiger partial charge < -0.3 is 4.74 Å². The van der Waals surface area contributed by atoms with Gasteiger partial charge in [-0.1, -0.05) is 57.4 Å². The number of ether oxygens (including phenoxy) is 1. The van der Waals surface area contributed by atoms with Crippen molar-refractivity contribution in [2.24, 2.45) is 0 Å². The molecule has 106 valence electrons. The van der Waals surface area contributed by atoms with Gasteiger partial charge in [-0.3, -0.25) is 0 Å². The lowest BCUT2D eigenvalue weighted by Crippen LogP contribution is -1.96. The summed E-state index contributed by atoms with van der Waals surface area (Å²) in [5.41, 5.74) is 3.76. The van der Waals surface area contributed by atoms with Crippen LogP contribution in [0.4, 0.5) is 0 Å². The van der Waals surface area contributed by atoms with E-state index in [9.17, 15) is 0 Å². The smallest absolute Gasteiger partial charge is 0.120 e. The third-order valence-corrected chi connectivity index (χ3v) is 3.95. The molecule has 0 heterocycles. The molecule has 0 spiro atoms. The highest BCUT2D eigenvalue weighted by Gasteiger charge is 2.01. The first-order valence-electron chi connectivity index (χ1n) is 6.99. The van der Waals surface area contributed by atoms with Gasteiger partial charge in [0.25, 0.3) is 0 Å². The Bertz CT molecular complexity index is 772. The van der Waals surface area contributed by atoms with E-state index in [2.05, 4.69) is 78.3 Å². The fraction of sp³-hybridized carbons (Fsp3) is 0.158. The largest absolute Gasteiger partial charge is 0.489 e. The van der Waals surface area contributed by atoms with Crippen LogP contribution in [0.15, 0.2) is 59.1 Å². The van der Waals surface area contributed by atoms with Gasteiger partial charge in [0.2, 0.25) is 0 Å². The Labute approximate surface area is 133 Å². The highest BCUT2D eigenvalue weighted by Crippen LogP contribution is 2.24. The Morgan fingerprint density at radius 2 is 1.48 bits per heavy atom. The van der Waals surface area contributed by atoms with E-state index in [0.29, 0.717) is 6.61 Å². The van der Waals surface area contributed by atoms with E-state index in [1.807, 2.05) is 6.07 Å². The molecule has 1 nitrogen and oxygen atoms in total. The highest BCUT2D eigenvalue weighted by molar-refractivity contribution is 9.10. The van der Waals surface area contributed by atoms with Crippen LogP contribution in [0.3, 0.4) is 0 Å². The summed E-state index contributed by atoms with van der Waals surface area (Å²) in [5, 5.41) is 2.40. The van der Waals surface area contributed by atoms with Crippen LogP contribution in [0.25, 0.3) is 10.8 Å². The zero-order chi connectivity index (χ0) is 14.8. The fourth-order valence-corrected chi connectivity index (χ4v) is 2.98. The molecule has 0 saturated heterocycles. The van der Waals surface area contributed by atoms with E-state index < -0.39 is 0 Å². The maximum Gasteiger partial charge on any atom is 0.120 e. The Morgan fingerprint density at radius 1 is 0.810 bits per heavy atom. The highest BCUT2D eigenvalue weighted by atomic mass is 79.9. The lowest BCUT2D eigenvalue weighted by Gasteiger charge is -2.09. The van der Waals surface area contributed by atoms with Crippen LogP contribution in [0.1, 0.15) is 16.7 Å². The molecule has 0 aromatic heterocycles. The molecular weight excluding hydrogens is 324 g/mol. The van der Waals surface area contributed by atoms with Gasteiger partial charge in [-0.05, 0) is 54.4 Å². The second-order valence-corrected chi connectivity index (χ2v) is 6.35. The number of halogens is 1. The van der Waals surface area contributed by atoms with Crippen molar-refractivity contribution in [1.82, 2.24) is 0 Å². The number of rotatable bonds is 3. The summed E-state index contributed by atoms with van der Waals surface area (Å²) < 4.78 is 7.02. The molecule has 3 aromatic carbocycles. The summed E-state index contributed by atoms with van der Waals surface area (Å²) in [7, 11) is 0. The van der Waals surface area contributed by atoms with Gasteiger partial charge in [-0.2, -0.15) is 0 Å². The molecular formula is C19H17BrO. The standard InChI is InChI=1S/C19H17BrO/c1-13-7-14(2)9-15(8-13)12-21-19-6-4-16-10-18(20)5-3-17(16)11-19/h3-11H,12H2,1-2H3. The number of hydrogen-bond acceptors (Lipinski definition) is 1. The van der Waals surface area contributed by atoms with Crippen molar-refractivity contribution in [2.45, 2.75) is 20.5 Å². The first-order chi connectivity index (χ1) is 10.1. The lowest BCUT2D eigenvalue weighted by atomic mass is 10.1. The predicted octanol–water partition coefficient (Wildman–Crippen LogP) is 5.80. The Morgan fingerprint density at radius 3 is 2.24 bits per heavy atom. The van der Waals surface area contributed by atoms with E-state index in [4.69, 9.17) is 4.74 Å². The molecule has 0 aliphatic carbocycles. The molecule has 21 heavy (non-hydrogen) atoms. The zero-order valence-electron chi connectivity index (χ0n) is 12.2. The van der Waals surface area contributed by atoms with Crippen molar-refractivity contribution in [3.05, 3.63) is 75.8 Å². The molecule has 0 aliphatic rings. The average Bonchev–Trinajstić information content (AvgIpc) is 2.44. The Balaban J connectivity index is 1.80. The van der Waals surface area contributed by atoms with Crippen molar-refractivity contribution < 1.29 is 4.74 Å². The minimum absolute atomic E-state index is 0.602. The van der Waals surface area contributed by atoms with Crippen LogP contribution in [-0.2, 0) is 6.61 Å². The van der Waals surface area contributed by atoms with Gasteiger partial charge >= 0.3 is 0 Å². The summed E-state index contributed by atoms with van der Waals surface area (Å²) in [4.78, 5) is 0. The summed E-state index contributed by atoms with van der Waals surface area (Å²) in [6.45, 7) is 4.83. The van der Waals surface area contributed by atoms with Crippen molar-refractivity contribution >= 4 is 26.7 Å². The summed E-state index contributed by atoms with van der Waals surface area (Å²) in [6, 6.07) is 19.0. The molecule has 0 N–H and O–H groups in total. The second kappa shape index (κ2) is 5.90. The molecule has 2 heteroatoms. The topological polar surface area (TPSA) is 9.23 Å². The van der Waals surface area contributed by atoms with Crippen LogP contribution in [0.2, 0.25) is 0 Å². The van der Waals surface area contributed by atoms with Crippen LogP contribution in [0, 0.1) is 13.8 Å². The van der Waals surface area contributed by atoms with Crippen molar-refractivity contribution in [3.63, 3.8) is 0 Å². The van der Waals surface area contributed by atoms with Gasteiger partial charge in [-0.15, -0.1) is 0 Å². The number of fused-ring (bicyclic) bond motifs is 1. The van der Waals surface area contributed by atoms with Gasteiger partial charge in [0.1, 0.15) is 12.4 Å². The van der Waals surface area contributed by atoms with Crippen LogP contribution < -0.4 is 4.74 Å². The Kier molecular flexibility index (Phi) is 3.98. The monoisotopic (exact) mass is 340 g/mol. The maximum atomic E-state index is 5.93. The third kappa shape index (κ3) is 3.45. The van der Waals surface area contributed by atoms with E-state index >= 15 is 0 Å². The molecule has 3 rings (SSSR count). The van der Waals surface area contributed by atoms with Crippen LogP contribution in [0.5, 0.6) is 5.75 Å². The third-order valence-electron chi connectivity index (χ3n) is 3.46. The molecule has 0 unspecified atom stereocenters. The SMILES string of the molecule is Cc1cc(C)cc(COc2ccc3cc(Br)ccc3c2)c1. The number of hydrogen-bond donors (Lipinski definition) is 0. The minimum atomic E-state index is 0.602. The van der Waals surface area contributed by atoms with Crippen molar-refractivity contribution in [3.8, 4) is 5.75 Å². The van der Waals surface area contributed by atoms with Gasteiger partial charge in [-0.25, -0.2) is 0 Å². The van der Waals surface area contributed by atoms with Crippen LogP contribution >= 0.6 is 15.9 Å². The fourth-order valence-electron chi connectivity index (χ4n) is 2.60. The summed E-state index contributed by atoms with van der Waals surface area (Å²) in [5.74, 6) is 0.906. The van der Waals surface area contributed by atoms with Crippen LogP contribution in [-0.4, -0.2) is 0 Å². The number of benzene rings is 3. The summed E-state index contributed by atoms with van der Waals surface area (Å²) >= 11 is 3.49. The van der Waals surface area contributed by atoms with E-state index in [0.717, 1.165) is 10.2 Å². The summed E-state index contributed by atoms with van der Waals surface area (Å²) in [6.07, 6.45) is 0. The maximum absolute atomic E-state index is 5.93. The molecule has 0 atom stereocenters. The number of aryl methyl sites for hydroxylation is 2.